The van der Waals surface area contributed by atoms with E-state index in [4.69, 9.17) is 11.6 Å². The molecule has 0 saturated carbocycles. The van der Waals surface area contributed by atoms with Crippen LogP contribution in [-0.4, -0.2) is 11.6 Å². The highest BCUT2D eigenvalue weighted by Gasteiger charge is 2.50. The molecule has 2 heterocycles. The van der Waals surface area contributed by atoms with E-state index in [2.05, 4.69) is 15.8 Å². The van der Waals surface area contributed by atoms with E-state index in [1.54, 1.807) is 6.07 Å². The summed E-state index contributed by atoms with van der Waals surface area (Å²) in [5.41, 5.74) is 5.73. The molecule has 2 aromatic carbocycles. The first-order chi connectivity index (χ1) is 10.2. The van der Waals surface area contributed by atoms with Gasteiger partial charge in [0.2, 0.25) is 0 Å². The molecular weight excluding hydrogens is 286 g/mol. The number of rotatable bonds is 1. The van der Waals surface area contributed by atoms with Crippen LogP contribution in [0.15, 0.2) is 53.6 Å². The molecule has 0 aromatic heterocycles. The molecule has 4 nitrogen and oxygen atoms in total. The number of carbonyl (C=O) groups excluding carboxylic acids is 1. The Morgan fingerprint density at radius 1 is 1.14 bits per heavy atom. The molecule has 0 bridgehead atoms. The Balaban J connectivity index is 1.76. The number of amides is 1. The maximum atomic E-state index is 12.5. The molecule has 104 valence electrons. The van der Waals surface area contributed by atoms with Gasteiger partial charge in [-0.2, -0.15) is 5.10 Å². The number of hydrogen-bond donors (Lipinski definition) is 2. The van der Waals surface area contributed by atoms with Crippen LogP contribution < -0.4 is 10.7 Å². The minimum Gasteiger partial charge on any atom is -0.323 e. The topological polar surface area (TPSA) is 53.5 Å². The number of fused-ring (bicyclic) bond motifs is 2. The van der Waals surface area contributed by atoms with E-state index in [1.165, 1.54) is 0 Å². The lowest BCUT2D eigenvalue weighted by atomic mass is 9.86. The Labute approximate surface area is 126 Å². The van der Waals surface area contributed by atoms with Crippen LogP contribution in [0.4, 0.5) is 5.69 Å². The van der Waals surface area contributed by atoms with Crippen molar-refractivity contribution in [3.8, 4) is 0 Å². The molecule has 21 heavy (non-hydrogen) atoms. The Morgan fingerprint density at radius 3 is 2.76 bits per heavy atom. The molecule has 0 radical (unpaired) electrons. The van der Waals surface area contributed by atoms with E-state index in [1.807, 2.05) is 42.5 Å². The van der Waals surface area contributed by atoms with Gasteiger partial charge in [0.25, 0.3) is 5.91 Å². The van der Waals surface area contributed by atoms with Crippen LogP contribution >= 0.6 is 11.6 Å². The minimum absolute atomic E-state index is 0.0885. The summed E-state index contributed by atoms with van der Waals surface area (Å²) in [6, 6.07) is 15.3. The molecular formula is C16H12ClN3O. The summed E-state index contributed by atoms with van der Waals surface area (Å²) in [7, 11) is 0. The SMILES string of the molecule is O=C1Nc2ccc(Cl)cc2[C@]12CC(c1ccccc1)=NN2. The summed E-state index contributed by atoms with van der Waals surface area (Å²) in [5, 5.41) is 7.89. The first-order valence-corrected chi connectivity index (χ1v) is 7.07. The van der Waals surface area contributed by atoms with E-state index in [-0.39, 0.29) is 5.91 Å². The highest BCUT2D eigenvalue weighted by Crippen LogP contribution is 2.42. The zero-order valence-electron chi connectivity index (χ0n) is 11.1. The number of nitrogens with zero attached hydrogens (tertiary/aromatic N) is 1. The fourth-order valence-electron chi connectivity index (χ4n) is 2.91. The van der Waals surface area contributed by atoms with Gasteiger partial charge in [0, 0.05) is 22.7 Å². The average Bonchev–Trinajstić information content (AvgIpc) is 3.06. The number of carbonyl (C=O) groups is 1. The van der Waals surface area contributed by atoms with Crippen molar-refractivity contribution in [2.75, 3.05) is 5.32 Å². The first kappa shape index (κ1) is 12.4. The number of anilines is 1. The quantitative estimate of drug-likeness (QED) is 0.850. The number of halogens is 1. The zero-order chi connectivity index (χ0) is 14.4. The molecule has 2 aliphatic rings. The number of hydrogen-bond acceptors (Lipinski definition) is 3. The van der Waals surface area contributed by atoms with Crippen molar-refractivity contribution in [1.82, 2.24) is 5.43 Å². The summed E-state index contributed by atoms with van der Waals surface area (Å²) < 4.78 is 0. The van der Waals surface area contributed by atoms with Gasteiger partial charge in [-0.15, -0.1) is 0 Å². The van der Waals surface area contributed by atoms with E-state index in [0.29, 0.717) is 11.4 Å². The van der Waals surface area contributed by atoms with Gasteiger partial charge in [-0.1, -0.05) is 41.9 Å². The monoisotopic (exact) mass is 297 g/mol. The van der Waals surface area contributed by atoms with Gasteiger partial charge in [-0.3, -0.25) is 10.2 Å². The smallest absolute Gasteiger partial charge is 0.256 e. The van der Waals surface area contributed by atoms with Crippen molar-refractivity contribution >= 4 is 28.9 Å². The second-order valence-corrected chi connectivity index (χ2v) is 5.70. The fourth-order valence-corrected chi connectivity index (χ4v) is 3.08. The molecule has 0 unspecified atom stereocenters. The number of benzene rings is 2. The van der Waals surface area contributed by atoms with Gasteiger partial charge in [0.1, 0.15) is 0 Å². The third-order valence-corrected chi connectivity index (χ3v) is 4.23. The molecule has 0 aliphatic carbocycles. The molecule has 1 spiro atoms. The Kier molecular flexibility index (Phi) is 2.56. The van der Waals surface area contributed by atoms with Gasteiger partial charge >= 0.3 is 0 Å². The molecule has 5 heteroatoms. The van der Waals surface area contributed by atoms with E-state index >= 15 is 0 Å². The van der Waals surface area contributed by atoms with Gasteiger partial charge < -0.3 is 5.32 Å². The molecule has 2 aliphatic heterocycles. The lowest BCUT2D eigenvalue weighted by Gasteiger charge is -2.21. The summed E-state index contributed by atoms with van der Waals surface area (Å²) in [4.78, 5) is 12.5. The Bertz CT molecular complexity index is 772. The highest BCUT2D eigenvalue weighted by molar-refractivity contribution is 6.31. The van der Waals surface area contributed by atoms with Crippen LogP contribution in [0, 0.1) is 0 Å². The van der Waals surface area contributed by atoms with Gasteiger partial charge in [-0.25, -0.2) is 0 Å². The zero-order valence-corrected chi connectivity index (χ0v) is 11.8. The van der Waals surface area contributed by atoms with Crippen molar-refractivity contribution in [2.45, 2.75) is 12.0 Å². The van der Waals surface area contributed by atoms with Crippen LogP contribution in [0.2, 0.25) is 5.02 Å². The van der Waals surface area contributed by atoms with Crippen molar-refractivity contribution < 1.29 is 4.79 Å². The van der Waals surface area contributed by atoms with E-state index in [9.17, 15) is 4.79 Å². The van der Waals surface area contributed by atoms with Crippen molar-refractivity contribution in [1.29, 1.82) is 0 Å². The molecule has 0 fully saturated rings. The second-order valence-electron chi connectivity index (χ2n) is 5.26. The largest absolute Gasteiger partial charge is 0.323 e. The molecule has 1 atom stereocenters. The van der Waals surface area contributed by atoms with Crippen molar-refractivity contribution in [2.24, 2.45) is 5.10 Å². The van der Waals surface area contributed by atoms with Crippen LogP contribution in [-0.2, 0) is 10.3 Å². The lowest BCUT2D eigenvalue weighted by Crippen LogP contribution is -2.42. The van der Waals surface area contributed by atoms with Crippen LogP contribution in [0.1, 0.15) is 17.5 Å². The highest BCUT2D eigenvalue weighted by atomic mass is 35.5. The number of hydrazone groups is 1. The summed E-state index contributed by atoms with van der Waals surface area (Å²) in [5.74, 6) is -0.0885. The molecule has 4 rings (SSSR count). The Hall–Kier alpha value is -2.33. The summed E-state index contributed by atoms with van der Waals surface area (Å²) in [6.07, 6.45) is 0.510. The predicted octanol–water partition coefficient (Wildman–Crippen LogP) is 2.89. The maximum Gasteiger partial charge on any atom is 0.256 e. The summed E-state index contributed by atoms with van der Waals surface area (Å²) in [6.45, 7) is 0. The van der Waals surface area contributed by atoms with E-state index in [0.717, 1.165) is 22.5 Å². The fraction of sp³-hybridized carbons (Fsp3) is 0.125. The molecule has 2 N–H and O–H groups in total. The predicted molar refractivity (Wildman–Crippen MR) is 82.5 cm³/mol. The lowest BCUT2D eigenvalue weighted by molar-refractivity contribution is -0.121. The third-order valence-electron chi connectivity index (χ3n) is 4.00. The van der Waals surface area contributed by atoms with Gasteiger partial charge in [-0.05, 0) is 23.8 Å². The normalized spacial score (nSPS) is 22.7. The second kappa shape index (κ2) is 4.33. The minimum atomic E-state index is -0.842. The molecule has 2 aromatic rings. The van der Waals surface area contributed by atoms with Crippen molar-refractivity contribution in [3.05, 3.63) is 64.7 Å². The van der Waals surface area contributed by atoms with Gasteiger partial charge in [0.15, 0.2) is 5.54 Å². The third kappa shape index (κ3) is 1.76. The average molecular weight is 298 g/mol. The van der Waals surface area contributed by atoms with Crippen LogP contribution in [0.3, 0.4) is 0 Å². The molecule has 0 saturated heterocycles. The molecule has 1 amide bonds. The standard InChI is InChI=1S/C16H12ClN3O/c17-11-6-7-13-12(8-11)16(15(21)18-13)9-14(19-20-16)10-4-2-1-3-5-10/h1-8,20H,9H2,(H,18,21)/t16-/m1/s1. The Morgan fingerprint density at radius 2 is 1.95 bits per heavy atom. The first-order valence-electron chi connectivity index (χ1n) is 6.70. The summed E-state index contributed by atoms with van der Waals surface area (Å²) >= 11 is 6.08. The van der Waals surface area contributed by atoms with E-state index < -0.39 is 5.54 Å². The van der Waals surface area contributed by atoms with Crippen molar-refractivity contribution in [3.63, 3.8) is 0 Å². The van der Waals surface area contributed by atoms with Crippen LogP contribution in [0.25, 0.3) is 0 Å². The van der Waals surface area contributed by atoms with Gasteiger partial charge in [0.05, 0.1) is 5.71 Å². The maximum absolute atomic E-state index is 12.5. The number of nitrogens with one attached hydrogen (secondary N) is 2. The van der Waals surface area contributed by atoms with Crippen LogP contribution in [0.5, 0.6) is 0 Å².